The van der Waals surface area contributed by atoms with E-state index in [2.05, 4.69) is 52.0 Å². The maximum atomic E-state index is 5.12. The van der Waals surface area contributed by atoms with Gasteiger partial charge in [0.05, 0.1) is 14.2 Å². The van der Waals surface area contributed by atoms with Crippen LogP contribution in [0.15, 0.2) is 72.8 Å². The quantitative estimate of drug-likeness (QED) is 0.494. The van der Waals surface area contributed by atoms with Gasteiger partial charge in [0.1, 0.15) is 11.5 Å². The molecule has 3 aromatic carbocycles. The minimum atomic E-state index is 0.872. The second-order valence-electron chi connectivity index (χ2n) is 6.32. The number of hydrogen-bond donors (Lipinski definition) is 0. The molecule has 3 aromatic rings. The summed E-state index contributed by atoms with van der Waals surface area (Å²) in [5.74, 6) is 1.74. The van der Waals surface area contributed by atoms with Crippen molar-refractivity contribution in [1.29, 1.82) is 0 Å². The van der Waals surface area contributed by atoms with Gasteiger partial charge in [-0.15, -0.1) is 0 Å². The summed E-state index contributed by atoms with van der Waals surface area (Å²) < 4.78 is 10.2. The Hall–Kier alpha value is -2.74. The molecule has 0 amide bonds. The van der Waals surface area contributed by atoms with E-state index in [-0.39, 0.29) is 0 Å². The van der Waals surface area contributed by atoms with Gasteiger partial charge in [0.2, 0.25) is 0 Å². The molecule has 0 bridgehead atoms. The van der Waals surface area contributed by atoms with Crippen LogP contribution < -0.4 is 9.47 Å². The number of rotatable bonds is 3. The number of benzene rings is 3. The van der Waals surface area contributed by atoms with Gasteiger partial charge in [-0.1, -0.05) is 79.9 Å². The van der Waals surface area contributed by atoms with Gasteiger partial charge >= 0.3 is 0 Å². The van der Waals surface area contributed by atoms with Gasteiger partial charge in [-0.05, 0) is 49.2 Å². The Morgan fingerprint density at radius 3 is 1.00 bits per heavy atom. The second-order valence-corrected chi connectivity index (χ2v) is 6.32. The highest BCUT2D eigenvalue weighted by Crippen LogP contribution is 2.24. The summed E-state index contributed by atoms with van der Waals surface area (Å²) in [4.78, 5) is 0. The highest BCUT2D eigenvalue weighted by atomic mass is 16.5. The lowest BCUT2D eigenvalue weighted by atomic mass is 10.1. The molecule has 0 heterocycles. The van der Waals surface area contributed by atoms with E-state index in [0.29, 0.717) is 0 Å². The number of hydrogen-bond acceptors (Lipinski definition) is 2. The lowest BCUT2D eigenvalue weighted by Gasteiger charge is -2.05. The summed E-state index contributed by atoms with van der Waals surface area (Å²) in [6.07, 6.45) is 1.25. The molecule has 27 heavy (non-hydrogen) atoms. The van der Waals surface area contributed by atoms with Crippen LogP contribution in [0.3, 0.4) is 0 Å². The Labute approximate surface area is 164 Å². The maximum Gasteiger partial charge on any atom is 0.118 e. The van der Waals surface area contributed by atoms with Gasteiger partial charge in [0.15, 0.2) is 0 Å². The molecule has 0 saturated heterocycles. The summed E-state index contributed by atoms with van der Waals surface area (Å²) in [5, 5.41) is 0. The van der Waals surface area contributed by atoms with E-state index in [1.165, 1.54) is 28.7 Å². The highest BCUT2D eigenvalue weighted by Gasteiger charge is 1.98. The van der Waals surface area contributed by atoms with Gasteiger partial charge in [-0.25, -0.2) is 0 Å². The van der Waals surface area contributed by atoms with E-state index in [1.807, 2.05) is 48.5 Å². The Balaban J connectivity index is 0.000000277. The van der Waals surface area contributed by atoms with Crippen molar-refractivity contribution in [3.63, 3.8) is 0 Å². The molecule has 2 nitrogen and oxygen atoms in total. The molecule has 0 fully saturated rings. The molecule has 0 N–H and O–H groups in total. The van der Waals surface area contributed by atoms with Gasteiger partial charge < -0.3 is 9.47 Å². The van der Waals surface area contributed by atoms with Crippen molar-refractivity contribution < 1.29 is 9.47 Å². The molecule has 3 rings (SSSR count). The van der Waals surface area contributed by atoms with Gasteiger partial charge in [0.25, 0.3) is 0 Å². The monoisotopic (exact) mass is 364 g/mol. The van der Waals surface area contributed by atoms with Crippen LogP contribution in [-0.2, 0) is 0 Å². The Kier molecular flexibility index (Phi) is 10.4. The molecule has 0 aliphatic carbocycles. The van der Waals surface area contributed by atoms with Crippen molar-refractivity contribution in [2.45, 2.75) is 34.1 Å². The summed E-state index contributed by atoms with van der Waals surface area (Å²) >= 11 is 0. The summed E-state index contributed by atoms with van der Waals surface area (Å²) in [6, 6.07) is 24.5. The SMILES string of the molecule is CCC.COc1ccc(-c2ccc(OC)cc2)cc1.Cc1ccc(C)cc1. The zero-order valence-corrected chi connectivity index (χ0v) is 17.5. The fourth-order valence-corrected chi connectivity index (χ4v) is 2.20. The first-order chi connectivity index (χ1) is 13.0. The standard InChI is InChI=1S/C14H14O2.C8H10.C3H8/c1-15-13-7-3-11(4-8-13)12-5-9-14(16-2)10-6-12;1-7-3-5-8(2)6-4-7;1-3-2/h3-10H,1-2H3;3-6H,1-2H3;3H2,1-2H3. The molecular formula is C25H32O2. The maximum absolute atomic E-state index is 5.12. The van der Waals surface area contributed by atoms with Crippen LogP contribution in [0.1, 0.15) is 31.4 Å². The van der Waals surface area contributed by atoms with Crippen molar-refractivity contribution in [3.8, 4) is 22.6 Å². The van der Waals surface area contributed by atoms with E-state index < -0.39 is 0 Å². The largest absolute Gasteiger partial charge is 0.497 e. The highest BCUT2D eigenvalue weighted by molar-refractivity contribution is 5.64. The molecule has 0 aliphatic rings. The van der Waals surface area contributed by atoms with Gasteiger partial charge in [-0.2, -0.15) is 0 Å². The molecule has 0 aromatic heterocycles. The van der Waals surface area contributed by atoms with Crippen LogP contribution in [0.2, 0.25) is 0 Å². The molecule has 2 heteroatoms. The fourth-order valence-electron chi connectivity index (χ4n) is 2.20. The van der Waals surface area contributed by atoms with Gasteiger partial charge in [-0.3, -0.25) is 0 Å². The van der Waals surface area contributed by atoms with Crippen LogP contribution in [-0.4, -0.2) is 14.2 Å². The van der Waals surface area contributed by atoms with Crippen LogP contribution in [0.4, 0.5) is 0 Å². The van der Waals surface area contributed by atoms with Crippen LogP contribution >= 0.6 is 0 Å². The minimum absolute atomic E-state index is 0.872. The van der Waals surface area contributed by atoms with Crippen molar-refractivity contribution in [2.24, 2.45) is 0 Å². The smallest absolute Gasteiger partial charge is 0.118 e. The van der Waals surface area contributed by atoms with Gasteiger partial charge in [0, 0.05) is 0 Å². The molecule has 144 valence electrons. The molecule has 0 radical (unpaired) electrons. The van der Waals surface area contributed by atoms with E-state index in [9.17, 15) is 0 Å². The Morgan fingerprint density at radius 2 is 0.778 bits per heavy atom. The minimum Gasteiger partial charge on any atom is -0.497 e. The molecule has 0 spiro atoms. The predicted molar refractivity (Wildman–Crippen MR) is 117 cm³/mol. The molecule has 0 unspecified atom stereocenters. The van der Waals surface area contributed by atoms with Crippen LogP contribution in [0.5, 0.6) is 11.5 Å². The third kappa shape index (κ3) is 8.46. The first-order valence-electron chi connectivity index (χ1n) is 9.35. The Morgan fingerprint density at radius 1 is 0.519 bits per heavy atom. The number of methoxy groups -OCH3 is 2. The average molecular weight is 365 g/mol. The summed E-state index contributed by atoms with van der Waals surface area (Å²) in [7, 11) is 3.34. The van der Waals surface area contributed by atoms with Crippen molar-refractivity contribution >= 4 is 0 Å². The first kappa shape index (κ1) is 22.3. The van der Waals surface area contributed by atoms with Crippen LogP contribution in [0.25, 0.3) is 11.1 Å². The fraction of sp³-hybridized carbons (Fsp3) is 0.280. The van der Waals surface area contributed by atoms with E-state index >= 15 is 0 Å². The summed E-state index contributed by atoms with van der Waals surface area (Å²) in [6.45, 7) is 8.44. The Bertz CT molecular complexity index is 675. The lowest BCUT2D eigenvalue weighted by molar-refractivity contribution is 0.414. The zero-order valence-electron chi connectivity index (χ0n) is 17.5. The van der Waals surface area contributed by atoms with Crippen molar-refractivity contribution in [2.75, 3.05) is 14.2 Å². The second kappa shape index (κ2) is 12.6. The lowest BCUT2D eigenvalue weighted by Crippen LogP contribution is -1.84. The first-order valence-corrected chi connectivity index (χ1v) is 9.35. The average Bonchev–Trinajstić information content (AvgIpc) is 2.71. The van der Waals surface area contributed by atoms with Crippen molar-refractivity contribution in [3.05, 3.63) is 83.9 Å². The number of ether oxygens (including phenoxy) is 2. The van der Waals surface area contributed by atoms with E-state index in [0.717, 1.165) is 11.5 Å². The normalized spacial score (nSPS) is 9.26. The number of aryl methyl sites for hydroxylation is 2. The zero-order chi connectivity index (χ0) is 20.1. The molecule has 0 atom stereocenters. The molecule has 0 aliphatic heterocycles. The topological polar surface area (TPSA) is 18.5 Å². The van der Waals surface area contributed by atoms with Crippen molar-refractivity contribution in [1.82, 2.24) is 0 Å². The van der Waals surface area contributed by atoms with Crippen LogP contribution in [0, 0.1) is 13.8 Å². The van der Waals surface area contributed by atoms with E-state index in [1.54, 1.807) is 14.2 Å². The third-order valence-electron chi connectivity index (χ3n) is 3.73. The predicted octanol–water partition coefficient (Wildman–Crippen LogP) is 7.09. The molecular weight excluding hydrogens is 332 g/mol. The summed E-state index contributed by atoms with van der Waals surface area (Å²) in [5.41, 5.74) is 5.00. The van der Waals surface area contributed by atoms with E-state index in [4.69, 9.17) is 9.47 Å². The third-order valence-corrected chi connectivity index (χ3v) is 3.73. The molecule has 0 saturated carbocycles.